The van der Waals surface area contributed by atoms with Crippen LogP contribution in [-0.4, -0.2) is 38.1 Å². The van der Waals surface area contributed by atoms with Gasteiger partial charge in [0.05, 0.1) is 25.7 Å². The van der Waals surface area contributed by atoms with Crippen LogP contribution in [0.25, 0.3) is 0 Å². The molecule has 0 heterocycles. The first kappa shape index (κ1) is 17.6. The van der Waals surface area contributed by atoms with E-state index in [1.807, 2.05) is 0 Å². The molecular formula is C15H18FNO5. The lowest BCUT2D eigenvalue weighted by Gasteiger charge is -2.19. The average Bonchev–Trinajstić information content (AvgIpc) is 2.52. The van der Waals surface area contributed by atoms with E-state index in [4.69, 9.17) is 0 Å². The summed E-state index contributed by atoms with van der Waals surface area (Å²) in [5, 5.41) is 2.37. The summed E-state index contributed by atoms with van der Waals surface area (Å²) in [6, 6.07) is 4.30. The molecule has 2 atom stereocenters. The molecule has 7 heteroatoms. The van der Waals surface area contributed by atoms with Crippen molar-refractivity contribution in [3.63, 3.8) is 0 Å². The van der Waals surface area contributed by atoms with Gasteiger partial charge in [0.15, 0.2) is 0 Å². The number of carbonyl (C=O) groups is 3. The van der Waals surface area contributed by atoms with Crippen LogP contribution in [0, 0.1) is 11.7 Å². The average molecular weight is 311 g/mol. The fourth-order valence-electron chi connectivity index (χ4n) is 1.89. The van der Waals surface area contributed by atoms with Crippen LogP contribution in [0.3, 0.4) is 0 Å². The van der Waals surface area contributed by atoms with Gasteiger partial charge in [0, 0.05) is 0 Å². The van der Waals surface area contributed by atoms with Gasteiger partial charge in [-0.05, 0) is 18.6 Å². The number of hydrogen-bond acceptors (Lipinski definition) is 5. The molecular weight excluding hydrogens is 293 g/mol. The molecule has 120 valence electrons. The standard InChI is InChI=1S/C15H18FNO5/c1-9(14(19)21-2)8-12(15(20)22-3)17-13(18)10-6-4-5-7-11(10)16/h4-7,9,12H,8H2,1-3H3,(H,17,18)/t9-,12+/m1/s1. The normalized spacial score (nSPS) is 12.9. The van der Waals surface area contributed by atoms with Crippen molar-refractivity contribution in [3.05, 3.63) is 35.6 Å². The van der Waals surface area contributed by atoms with Gasteiger partial charge in [-0.15, -0.1) is 0 Å². The summed E-state index contributed by atoms with van der Waals surface area (Å²) in [6.45, 7) is 1.55. The van der Waals surface area contributed by atoms with Crippen LogP contribution >= 0.6 is 0 Å². The van der Waals surface area contributed by atoms with E-state index in [0.717, 1.165) is 13.2 Å². The molecule has 1 aromatic carbocycles. The minimum atomic E-state index is -1.08. The van der Waals surface area contributed by atoms with Gasteiger partial charge < -0.3 is 14.8 Å². The Hall–Kier alpha value is -2.44. The molecule has 0 unspecified atom stereocenters. The zero-order valence-electron chi connectivity index (χ0n) is 12.6. The van der Waals surface area contributed by atoms with Crippen LogP contribution in [0.15, 0.2) is 24.3 Å². The lowest BCUT2D eigenvalue weighted by atomic mass is 10.0. The van der Waals surface area contributed by atoms with Gasteiger partial charge >= 0.3 is 11.9 Å². The fourth-order valence-corrected chi connectivity index (χ4v) is 1.89. The number of nitrogens with one attached hydrogen (secondary N) is 1. The lowest BCUT2D eigenvalue weighted by molar-refractivity contribution is -0.147. The molecule has 0 bridgehead atoms. The molecule has 1 aromatic rings. The molecule has 0 aliphatic rings. The fraction of sp³-hybridized carbons (Fsp3) is 0.400. The Bertz CT molecular complexity index is 561. The highest BCUT2D eigenvalue weighted by molar-refractivity contribution is 5.97. The topological polar surface area (TPSA) is 81.7 Å². The predicted molar refractivity (Wildman–Crippen MR) is 75.5 cm³/mol. The molecule has 1 rings (SSSR count). The van der Waals surface area contributed by atoms with Crippen molar-refractivity contribution < 1.29 is 28.2 Å². The van der Waals surface area contributed by atoms with Crippen molar-refractivity contribution >= 4 is 17.8 Å². The third-order valence-electron chi connectivity index (χ3n) is 3.10. The molecule has 1 amide bonds. The van der Waals surface area contributed by atoms with Crippen molar-refractivity contribution in [1.82, 2.24) is 5.32 Å². The second-order valence-corrected chi connectivity index (χ2v) is 4.69. The van der Waals surface area contributed by atoms with Crippen molar-refractivity contribution in [3.8, 4) is 0 Å². The molecule has 0 fully saturated rings. The van der Waals surface area contributed by atoms with Crippen LogP contribution in [0.4, 0.5) is 4.39 Å². The summed E-state index contributed by atoms with van der Waals surface area (Å²) >= 11 is 0. The van der Waals surface area contributed by atoms with E-state index in [9.17, 15) is 18.8 Å². The Balaban J connectivity index is 2.86. The number of benzene rings is 1. The summed E-state index contributed by atoms with van der Waals surface area (Å²) in [7, 11) is 2.39. The Morgan fingerprint density at radius 2 is 1.73 bits per heavy atom. The number of methoxy groups -OCH3 is 2. The van der Waals surface area contributed by atoms with E-state index in [2.05, 4.69) is 14.8 Å². The van der Waals surface area contributed by atoms with Crippen LogP contribution < -0.4 is 5.32 Å². The second-order valence-electron chi connectivity index (χ2n) is 4.69. The molecule has 0 spiro atoms. The third-order valence-corrected chi connectivity index (χ3v) is 3.10. The highest BCUT2D eigenvalue weighted by atomic mass is 19.1. The van der Waals surface area contributed by atoms with Crippen molar-refractivity contribution in [2.24, 2.45) is 5.92 Å². The zero-order chi connectivity index (χ0) is 16.7. The van der Waals surface area contributed by atoms with E-state index in [0.29, 0.717) is 0 Å². The van der Waals surface area contributed by atoms with E-state index in [1.165, 1.54) is 25.3 Å². The quantitative estimate of drug-likeness (QED) is 0.801. The van der Waals surface area contributed by atoms with Crippen LogP contribution in [0.2, 0.25) is 0 Å². The van der Waals surface area contributed by atoms with E-state index in [-0.39, 0.29) is 12.0 Å². The smallest absolute Gasteiger partial charge is 0.328 e. The summed E-state index contributed by atoms with van der Waals surface area (Å²) < 4.78 is 22.7. The Kier molecular flexibility index (Phi) is 6.49. The Morgan fingerprint density at radius 3 is 2.27 bits per heavy atom. The summed E-state index contributed by atoms with van der Waals surface area (Å²) in [4.78, 5) is 35.2. The van der Waals surface area contributed by atoms with E-state index < -0.39 is 35.6 Å². The van der Waals surface area contributed by atoms with Gasteiger partial charge in [0.2, 0.25) is 0 Å². The third kappa shape index (κ3) is 4.54. The maximum absolute atomic E-state index is 13.6. The minimum absolute atomic E-state index is 0.0143. The van der Waals surface area contributed by atoms with Gasteiger partial charge in [0.1, 0.15) is 11.9 Å². The Labute approximate surface area is 127 Å². The van der Waals surface area contributed by atoms with Crippen LogP contribution in [0.1, 0.15) is 23.7 Å². The van der Waals surface area contributed by atoms with E-state index in [1.54, 1.807) is 6.92 Å². The highest BCUT2D eigenvalue weighted by Crippen LogP contribution is 2.12. The summed E-state index contributed by atoms with van der Waals surface area (Å²) in [5.41, 5.74) is -0.192. The Morgan fingerprint density at radius 1 is 1.14 bits per heavy atom. The van der Waals surface area contributed by atoms with Crippen LogP contribution in [-0.2, 0) is 19.1 Å². The summed E-state index contributed by atoms with van der Waals surface area (Å²) in [6.07, 6.45) is -0.0143. The van der Waals surface area contributed by atoms with Crippen molar-refractivity contribution in [2.75, 3.05) is 14.2 Å². The largest absolute Gasteiger partial charge is 0.469 e. The molecule has 1 N–H and O–H groups in total. The number of ether oxygens (including phenoxy) is 2. The first-order chi connectivity index (χ1) is 10.4. The first-order valence-electron chi connectivity index (χ1n) is 6.61. The summed E-state index contributed by atoms with van der Waals surface area (Å²) in [5.74, 6) is -3.33. The molecule has 0 aromatic heterocycles. The molecule has 0 saturated heterocycles. The van der Waals surface area contributed by atoms with Gasteiger partial charge in [-0.1, -0.05) is 19.1 Å². The molecule has 0 radical (unpaired) electrons. The maximum atomic E-state index is 13.6. The molecule has 0 aliphatic heterocycles. The SMILES string of the molecule is COC(=O)[C@H](C)C[C@H](NC(=O)c1ccccc1F)C(=O)OC. The van der Waals surface area contributed by atoms with Crippen LogP contribution in [0.5, 0.6) is 0 Å². The second kappa shape index (κ2) is 8.11. The maximum Gasteiger partial charge on any atom is 0.328 e. The van der Waals surface area contributed by atoms with E-state index >= 15 is 0 Å². The minimum Gasteiger partial charge on any atom is -0.469 e. The number of carbonyl (C=O) groups excluding carboxylic acids is 3. The number of halogens is 1. The molecule has 6 nitrogen and oxygen atoms in total. The first-order valence-corrected chi connectivity index (χ1v) is 6.61. The molecule has 22 heavy (non-hydrogen) atoms. The monoisotopic (exact) mass is 311 g/mol. The number of esters is 2. The molecule has 0 aliphatic carbocycles. The van der Waals surface area contributed by atoms with Crippen molar-refractivity contribution in [1.29, 1.82) is 0 Å². The lowest BCUT2D eigenvalue weighted by Crippen LogP contribution is -2.43. The number of rotatable bonds is 6. The zero-order valence-corrected chi connectivity index (χ0v) is 12.6. The van der Waals surface area contributed by atoms with Gasteiger partial charge in [-0.2, -0.15) is 0 Å². The van der Waals surface area contributed by atoms with Crippen molar-refractivity contribution in [2.45, 2.75) is 19.4 Å². The number of hydrogen-bond donors (Lipinski definition) is 1. The molecule has 0 saturated carbocycles. The number of amides is 1. The van der Waals surface area contributed by atoms with Gasteiger partial charge in [-0.25, -0.2) is 9.18 Å². The predicted octanol–water partition coefficient (Wildman–Crippen LogP) is 1.30. The highest BCUT2D eigenvalue weighted by Gasteiger charge is 2.28. The van der Waals surface area contributed by atoms with Gasteiger partial charge in [-0.3, -0.25) is 9.59 Å². The van der Waals surface area contributed by atoms with Gasteiger partial charge in [0.25, 0.3) is 5.91 Å².